The van der Waals surface area contributed by atoms with Crippen molar-refractivity contribution in [3.63, 3.8) is 0 Å². The zero-order valence-electron chi connectivity index (χ0n) is 13.2. The predicted molar refractivity (Wildman–Crippen MR) is 85.2 cm³/mol. The van der Waals surface area contributed by atoms with E-state index in [9.17, 15) is 0 Å². The van der Waals surface area contributed by atoms with Gasteiger partial charge < -0.3 is 10.1 Å². The number of ether oxygens (including phenoxy) is 1. The Labute approximate surface area is 123 Å². The van der Waals surface area contributed by atoms with Gasteiger partial charge in [0.2, 0.25) is 0 Å². The molecular weight excluding hydrogens is 246 g/mol. The van der Waals surface area contributed by atoms with Crippen LogP contribution < -0.4 is 5.32 Å². The molecule has 20 heavy (non-hydrogen) atoms. The van der Waals surface area contributed by atoms with Crippen LogP contribution in [0.25, 0.3) is 0 Å². The molecule has 1 atom stereocenters. The zero-order valence-corrected chi connectivity index (χ0v) is 13.2. The van der Waals surface area contributed by atoms with Crippen molar-refractivity contribution in [1.82, 2.24) is 5.32 Å². The van der Waals surface area contributed by atoms with Crippen LogP contribution in [0.3, 0.4) is 0 Å². The second kappa shape index (κ2) is 7.80. The summed E-state index contributed by atoms with van der Waals surface area (Å²) in [6.07, 6.45) is 3.74. The summed E-state index contributed by atoms with van der Waals surface area (Å²) in [5.74, 6) is 1.45. The molecule has 0 bridgehead atoms. The van der Waals surface area contributed by atoms with Gasteiger partial charge in [0, 0.05) is 25.8 Å². The molecule has 1 aromatic carbocycles. The van der Waals surface area contributed by atoms with Crippen molar-refractivity contribution in [3.8, 4) is 0 Å². The topological polar surface area (TPSA) is 21.3 Å². The molecule has 0 radical (unpaired) electrons. The third kappa shape index (κ3) is 4.92. The molecule has 0 amide bonds. The van der Waals surface area contributed by atoms with Crippen molar-refractivity contribution >= 4 is 0 Å². The molecule has 1 aliphatic rings. The molecule has 1 aliphatic heterocycles. The number of hydrogen-bond donors (Lipinski definition) is 1. The van der Waals surface area contributed by atoms with E-state index < -0.39 is 0 Å². The Morgan fingerprint density at radius 1 is 1.15 bits per heavy atom. The number of nitrogens with one attached hydrogen (secondary N) is 1. The van der Waals surface area contributed by atoms with E-state index in [-0.39, 0.29) is 0 Å². The highest BCUT2D eigenvalue weighted by Gasteiger charge is 2.20. The lowest BCUT2D eigenvalue weighted by Crippen LogP contribution is -2.30. The highest BCUT2D eigenvalue weighted by Crippen LogP contribution is 2.29. The van der Waals surface area contributed by atoms with Crippen molar-refractivity contribution in [2.45, 2.75) is 52.0 Å². The molecule has 1 saturated heterocycles. The van der Waals surface area contributed by atoms with Gasteiger partial charge >= 0.3 is 0 Å². The van der Waals surface area contributed by atoms with E-state index in [1.165, 1.54) is 30.4 Å². The van der Waals surface area contributed by atoms with Crippen LogP contribution >= 0.6 is 0 Å². The third-order valence-electron chi connectivity index (χ3n) is 4.28. The minimum atomic E-state index is 0.553. The van der Waals surface area contributed by atoms with E-state index in [1.54, 1.807) is 0 Å². The molecule has 2 rings (SSSR count). The standard InChI is InChI=1S/C18H29NO/c1-14(2)19-13-18(12-16-8-10-20-11-9-16)17-6-4-15(3)5-7-17/h4-7,14,16,18-19H,8-13H2,1-3H3. The summed E-state index contributed by atoms with van der Waals surface area (Å²) < 4.78 is 5.49. The van der Waals surface area contributed by atoms with Crippen LogP contribution in [0.5, 0.6) is 0 Å². The summed E-state index contributed by atoms with van der Waals surface area (Å²) in [4.78, 5) is 0. The van der Waals surface area contributed by atoms with Crippen LogP contribution in [0, 0.1) is 12.8 Å². The fourth-order valence-electron chi connectivity index (χ4n) is 2.94. The molecule has 0 saturated carbocycles. The molecule has 1 fully saturated rings. The highest BCUT2D eigenvalue weighted by atomic mass is 16.5. The maximum atomic E-state index is 5.49. The molecule has 1 aromatic rings. The first-order valence-electron chi connectivity index (χ1n) is 8.03. The minimum absolute atomic E-state index is 0.553. The van der Waals surface area contributed by atoms with Crippen LogP contribution in [0.2, 0.25) is 0 Å². The lowest BCUT2D eigenvalue weighted by Gasteiger charge is -2.28. The average molecular weight is 275 g/mol. The molecule has 0 spiro atoms. The summed E-state index contributed by atoms with van der Waals surface area (Å²) in [6.45, 7) is 9.58. The van der Waals surface area contributed by atoms with E-state index in [4.69, 9.17) is 4.74 Å². The lowest BCUT2D eigenvalue weighted by molar-refractivity contribution is 0.0616. The van der Waals surface area contributed by atoms with E-state index in [0.29, 0.717) is 12.0 Å². The van der Waals surface area contributed by atoms with Crippen LogP contribution in [0.4, 0.5) is 0 Å². The van der Waals surface area contributed by atoms with Gasteiger partial charge in [-0.25, -0.2) is 0 Å². The van der Waals surface area contributed by atoms with Crippen molar-refractivity contribution in [3.05, 3.63) is 35.4 Å². The first-order valence-corrected chi connectivity index (χ1v) is 8.03. The highest BCUT2D eigenvalue weighted by molar-refractivity contribution is 5.25. The maximum Gasteiger partial charge on any atom is 0.0468 e. The molecule has 0 aliphatic carbocycles. The van der Waals surface area contributed by atoms with Gasteiger partial charge in [0.25, 0.3) is 0 Å². The number of rotatable bonds is 6. The number of hydrogen-bond acceptors (Lipinski definition) is 2. The minimum Gasteiger partial charge on any atom is -0.381 e. The Kier molecular flexibility index (Phi) is 6.06. The van der Waals surface area contributed by atoms with Gasteiger partial charge in [-0.2, -0.15) is 0 Å². The van der Waals surface area contributed by atoms with Crippen molar-refractivity contribution in [2.75, 3.05) is 19.8 Å². The van der Waals surface area contributed by atoms with E-state index in [0.717, 1.165) is 25.7 Å². The Morgan fingerprint density at radius 3 is 2.40 bits per heavy atom. The summed E-state index contributed by atoms with van der Waals surface area (Å²) in [5, 5.41) is 3.62. The molecule has 1 N–H and O–H groups in total. The second-order valence-corrected chi connectivity index (χ2v) is 6.46. The van der Waals surface area contributed by atoms with Gasteiger partial charge in [0.15, 0.2) is 0 Å². The van der Waals surface area contributed by atoms with E-state index in [1.807, 2.05) is 0 Å². The summed E-state index contributed by atoms with van der Waals surface area (Å²) in [5.41, 5.74) is 2.82. The molecule has 0 aromatic heterocycles. The Bertz CT molecular complexity index is 379. The molecule has 1 unspecified atom stereocenters. The predicted octanol–water partition coefficient (Wildman–Crippen LogP) is 3.89. The van der Waals surface area contributed by atoms with Crippen LogP contribution in [0.15, 0.2) is 24.3 Å². The number of benzene rings is 1. The van der Waals surface area contributed by atoms with Crippen molar-refractivity contribution in [2.24, 2.45) is 5.92 Å². The third-order valence-corrected chi connectivity index (χ3v) is 4.28. The van der Waals surface area contributed by atoms with Gasteiger partial charge in [0.1, 0.15) is 0 Å². The van der Waals surface area contributed by atoms with Gasteiger partial charge in [-0.05, 0) is 43.6 Å². The molecule has 112 valence electrons. The lowest BCUT2D eigenvalue weighted by atomic mass is 9.84. The largest absolute Gasteiger partial charge is 0.381 e. The SMILES string of the molecule is Cc1ccc(C(CNC(C)C)CC2CCOCC2)cc1. The fourth-order valence-corrected chi connectivity index (χ4v) is 2.94. The zero-order chi connectivity index (χ0) is 14.4. The molecule has 2 heteroatoms. The first kappa shape index (κ1) is 15.5. The van der Waals surface area contributed by atoms with E-state index >= 15 is 0 Å². The van der Waals surface area contributed by atoms with Gasteiger partial charge in [-0.15, -0.1) is 0 Å². The quantitative estimate of drug-likeness (QED) is 0.850. The Balaban J connectivity index is 2.00. The van der Waals surface area contributed by atoms with Gasteiger partial charge in [-0.3, -0.25) is 0 Å². The summed E-state index contributed by atoms with van der Waals surface area (Å²) in [6, 6.07) is 9.64. The molecule has 2 nitrogen and oxygen atoms in total. The Hall–Kier alpha value is -0.860. The monoisotopic (exact) mass is 275 g/mol. The van der Waals surface area contributed by atoms with Gasteiger partial charge in [-0.1, -0.05) is 43.7 Å². The van der Waals surface area contributed by atoms with Crippen LogP contribution in [0.1, 0.15) is 50.2 Å². The van der Waals surface area contributed by atoms with E-state index in [2.05, 4.69) is 50.4 Å². The first-order chi connectivity index (χ1) is 9.65. The summed E-state index contributed by atoms with van der Waals surface area (Å²) in [7, 11) is 0. The second-order valence-electron chi connectivity index (χ2n) is 6.46. The number of aryl methyl sites for hydroxylation is 1. The average Bonchev–Trinajstić information content (AvgIpc) is 2.45. The normalized spacial score (nSPS) is 18.4. The van der Waals surface area contributed by atoms with Crippen molar-refractivity contribution in [1.29, 1.82) is 0 Å². The Morgan fingerprint density at radius 2 is 1.80 bits per heavy atom. The smallest absolute Gasteiger partial charge is 0.0468 e. The summed E-state index contributed by atoms with van der Waals surface area (Å²) >= 11 is 0. The molecule has 1 heterocycles. The molecular formula is C18H29NO. The maximum absolute atomic E-state index is 5.49. The van der Waals surface area contributed by atoms with Crippen molar-refractivity contribution < 1.29 is 4.74 Å². The van der Waals surface area contributed by atoms with Crippen LogP contribution in [-0.2, 0) is 4.74 Å². The van der Waals surface area contributed by atoms with Gasteiger partial charge in [0.05, 0.1) is 0 Å². The fraction of sp³-hybridized carbons (Fsp3) is 0.667. The van der Waals surface area contributed by atoms with Crippen LogP contribution in [-0.4, -0.2) is 25.8 Å².